The third kappa shape index (κ3) is 4.27. The summed E-state index contributed by atoms with van der Waals surface area (Å²) in [6.07, 6.45) is 0. The highest BCUT2D eigenvalue weighted by Crippen LogP contribution is 2.31. The highest BCUT2D eigenvalue weighted by Gasteiger charge is 2.12. The van der Waals surface area contributed by atoms with Gasteiger partial charge in [-0.25, -0.2) is 4.98 Å². The Morgan fingerprint density at radius 1 is 1.17 bits per heavy atom. The number of H-pyrrole nitrogens is 1. The van der Waals surface area contributed by atoms with Crippen LogP contribution >= 0.6 is 23.5 Å². The van der Waals surface area contributed by atoms with E-state index in [2.05, 4.69) is 15.3 Å². The topological polar surface area (TPSA) is 57.8 Å². The first-order chi connectivity index (χ1) is 11.6. The lowest BCUT2D eigenvalue weighted by Gasteiger charge is -2.09. The monoisotopic (exact) mass is 365 g/mol. The number of aromatic nitrogens is 2. The van der Waals surface area contributed by atoms with Crippen LogP contribution in [0.5, 0.6) is 0 Å². The molecule has 0 atom stereocenters. The summed E-state index contributed by atoms with van der Waals surface area (Å²) in [7, 11) is 0. The molecule has 0 aliphatic rings. The number of aromatic amines is 1. The standard InChI is InChI=1S/C16H13F2N3OS2/c17-15(18)24-13-8-4-3-7-12(13)19-14(22)9-23-16-20-10-5-1-2-6-11(10)21-16/h1-8,15H,9H2,(H,19,22)(H,20,21). The van der Waals surface area contributed by atoms with E-state index < -0.39 is 5.76 Å². The van der Waals surface area contributed by atoms with Crippen LogP contribution in [0, 0.1) is 0 Å². The molecule has 1 heterocycles. The fourth-order valence-electron chi connectivity index (χ4n) is 2.09. The third-order valence-electron chi connectivity index (χ3n) is 3.08. The molecule has 4 nitrogen and oxygen atoms in total. The van der Waals surface area contributed by atoms with Gasteiger partial charge >= 0.3 is 0 Å². The lowest BCUT2D eigenvalue weighted by Crippen LogP contribution is -2.14. The van der Waals surface area contributed by atoms with Crippen LogP contribution in [0.4, 0.5) is 14.5 Å². The summed E-state index contributed by atoms with van der Waals surface area (Å²) in [4.78, 5) is 19.9. The number of carbonyl (C=O) groups excluding carboxylic acids is 1. The van der Waals surface area contributed by atoms with Crippen molar-refractivity contribution in [2.75, 3.05) is 11.1 Å². The molecule has 0 bridgehead atoms. The highest BCUT2D eigenvalue weighted by molar-refractivity contribution is 8.00. The van der Waals surface area contributed by atoms with Gasteiger partial charge in [-0.05, 0) is 24.3 Å². The van der Waals surface area contributed by atoms with E-state index in [1.165, 1.54) is 11.8 Å². The number of nitrogens with one attached hydrogen (secondary N) is 2. The van der Waals surface area contributed by atoms with E-state index in [-0.39, 0.29) is 11.7 Å². The van der Waals surface area contributed by atoms with Gasteiger partial charge in [-0.15, -0.1) is 0 Å². The maximum absolute atomic E-state index is 12.5. The first-order valence-electron chi connectivity index (χ1n) is 7.03. The Morgan fingerprint density at radius 3 is 2.71 bits per heavy atom. The largest absolute Gasteiger partial charge is 0.333 e. The molecule has 0 aliphatic heterocycles. The zero-order valence-electron chi connectivity index (χ0n) is 12.3. The second-order valence-corrected chi connectivity index (χ2v) is 6.77. The molecule has 0 saturated heterocycles. The molecule has 8 heteroatoms. The van der Waals surface area contributed by atoms with Crippen molar-refractivity contribution in [3.63, 3.8) is 0 Å². The predicted molar refractivity (Wildman–Crippen MR) is 93.8 cm³/mol. The second-order valence-electron chi connectivity index (χ2n) is 4.77. The van der Waals surface area contributed by atoms with Crippen LogP contribution in [0.15, 0.2) is 58.6 Å². The molecule has 0 aliphatic carbocycles. The molecule has 0 radical (unpaired) electrons. The SMILES string of the molecule is O=C(CSc1nc2ccccc2[nH]1)Nc1ccccc1SC(F)F. The van der Waals surface area contributed by atoms with E-state index in [1.54, 1.807) is 24.3 Å². The third-order valence-corrected chi connectivity index (χ3v) is 4.75. The normalized spacial score (nSPS) is 11.1. The molecule has 124 valence electrons. The van der Waals surface area contributed by atoms with E-state index in [1.807, 2.05) is 24.3 Å². The zero-order chi connectivity index (χ0) is 16.9. The van der Waals surface area contributed by atoms with E-state index in [9.17, 15) is 13.6 Å². The van der Waals surface area contributed by atoms with Crippen LogP contribution < -0.4 is 5.32 Å². The van der Waals surface area contributed by atoms with Crippen LogP contribution in [0.1, 0.15) is 0 Å². The number of thioether (sulfide) groups is 2. The van der Waals surface area contributed by atoms with E-state index in [4.69, 9.17) is 0 Å². The molecule has 0 saturated carbocycles. The Hall–Kier alpha value is -2.06. The van der Waals surface area contributed by atoms with Gasteiger partial charge in [-0.3, -0.25) is 4.79 Å². The van der Waals surface area contributed by atoms with Crippen LogP contribution in [-0.4, -0.2) is 27.4 Å². The minimum absolute atomic E-state index is 0.132. The number of hydrogen-bond donors (Lipinski definition) is 2. The fourth-order valence-corrected chi connectivity index (χ4v) is 3.37. The quantitative estimate of drug-likeness (QED) is 0.627. The van der Waals surface area contributed by atoms with Crippen molar-refractivity contribution >= 4 is 46.2 Å². The van der Waals surface area contributed by atoms with Gasteiger partial charge in [0.05, 0.1) is 22.5 Å². The molecule has 2 aromatic carbocycles. The molecule has 0 unspecified atom stereocenters. The van der Waals surface area contributed by atoms with Crippen molar-refractivity contribution < 1.29 is 13.6 Å². The Morgan fingerprint density at radius 2 is 1.92 bits per heavy atom. The summed E-state index contributed by atoms with van der Waals surface area (Å²) < 4.78 is 25.1. The van der Waals surface area contributed by atoms with E-state index >= 15 is 0 Å². The van der Waals surface area contributed by atoms with Gasteiger partial charge in [0.25, 0.3) is 5.76 Å². The molecule has 1 aromatic heterocycles. The summed E-state index contributed by atoms with van der Waals surface area (Å²) in [6.45, 7) is 0. The molecule has 0 spiro atoms. The number of nitrogens with zero attached hydrogens (tertiary/aromatic N) is 1. The Kier molecular flexibility index (Phi) is 5.37. The van der Waals surface area contributed by atoms with Gasteiger partial charge in [-0.2, -0.15) is 8.78 Å². The van der Waals surface area contributed by atoms with Gasteiger partial charge in [0.1, 0.15) is 0 Å². The number of para-hydroxylation sites is 3. The average Bonchev–Trinajstić information content (AvgIpc) is 2.97. The summed E-state index contributed by atoms with van der Waals surface area (Å²) in [5.74, 6) is -2.68. The molecular weight excluding hydrogens is 352 g/mol. The van der Waals surface area contributed by atoms with Crippen molar-refractivity contribution in [1.82, 2.24) is 9.97 Å². The van der Waals surface area contributed by atoms with Crippen molar-refractivity contribution in [3.8, 4) is 0 Å². The minimum atomic E-state index is -2.53. The van der Waals surface area contributed by atoms with Gasteiger partial charge in [0, 0.05) is 4.90 Å². The number of fused-ring (bicyclic) bond motifs is 1. The van der Waals surface area contributed by atoms with Crippen LogP contribution in [0.25, 0.3) is 11.0 Å². The number of carbonyl (C=O) groups is 1. The first kappa shape index (κ1) is 16.8. The lowest BCUT2D eigenvalue weighted by molar-refractivity contribution is -0.113. The van der Waals surface area contributed by atoms with Crippen LogP contribution in [0.2, 0.25) is 0 Å². The van der Waals surface area contributed by atoms with Crippen molar-refractivity contribution in [3.05, 3.63) is 48.5 Å². The molecule has 3 rings (SSSR count). The van der Waals surface area contributed by atoms with Gasteiger partial charge < -0.3 is 10.3 Å². The van der Waals surface area contributed by atoms with E-state index in [0.717, 1.165) is 11.0 Å². The smallest absolute Gasteiger partial charge is 0.288 e. The minimum Gasteiger partial charge on any atom is -0.333 e. The first-order valence-corrected chi connectivity index (χ1v) is 8.89. The lowest BCUT2D eigenvalue weighted by atomic mass is 10.3. The zero-order valence-corrected chi connectivity index (χ0v) is 14.0. The molecule has 24 heavy (non-hydrogen) atoms. The summed E-state index contributed by atoms with van der Waals surface area (Å²) >= 11 is 1.67. The number of anilines is 1. The Bertz CT molecular complexity index is 821. The molecule has 2 N–H and O–H groups in total. The van der Waals surface area contributed by atoms with Gasteiger partial charge in [0.15, 0.2) is 5.16 Å². The van der Waals surface area contributed by atoms with Crippen molar-refractivity contribution in [2.24, 2.45) is 0 Å². The number of alkyl halides is 2. The Balaban J connectivity index is 1.61. The molecule has 1 amide bonds. The number of hydrogen-bond acceptors (Lipinski definition) is 4. The fraction of sp³-hybridized carbons (Fsp3) is 0.125. The summed E-state index contributed by atoms with van der Waals surface area (Å²) in [5.41, 5.74) is 2.12. The second kappa shape index (κ2) is 7.67. The van der Waals surface area contributed by atoms with Crippen molar-refractivity contribution in [1.29, 1.82) is 0 Å². The molecular formula is C16H13F2N3OS2. The molecule has 0 fully saturated rings. The number of rotatable bonds is 6. The Labute approximate surface area is 145 Å². The number of amides is 1. The number of halogens is 2. The van der Waals surface area contributed by atoms with Crippen LogP contribution in [-0.2, 0) is 4.79 Å². The maximum atomic E-state index is 12.5. The average molecular weight is 365 g/mol. The summed E-state index contributed by atoms with van der Waals surface area (Å²) in [6, 6.07) is 14.1. The van der Waals surface area contributed by atoms with Gasteiger partial charge in [0.2, 0.25) is 5.91 Å². The predicted octanol–water partition coefficient (Wildman–Crippen LogP) is 4.61. The number of imidazole rings is 1. The molecule has 3 aromatic rings. The van der Waals surface area contributed by atoms with E-state index in [0.29, 0.717) is 27.5 Å². The van der Waals surface area contributed by atoms with Crippen LogP contribution in [0.3, 0.4) is 0 Å². The summed E-state index contributed by atoms with van der Waals surface area (Å²) in [5, 5.41) is 3.30. The highest BCUT2D eigenvalue weighted by atomic mass is 32.2. The maximum Gasteiger partial charge on any atom is 0.288 e. The van der Waals surface area contributed by atoms with Gasteiger partial charge in [-0.1, -0.05) is 47.8 Å². The van der Waals surface area contributed by atoms with Crippen molar-refractivity contribution in [2.45, 2.75) is 15.8 Å². The number of benzene rings is 2.